The number of hydrogen-bond donors (Lipinski definition) is 3. The fourth-order valence-corrected chi connectivity index (χ4v) is 2.09. The lowest BCUT2D eigenvalue weighted by Crippen LogP contribution is -2.45. The lowest BCUT2D eigenvalue weighted by Gasteiger charge is -2.20. The smallest absolute Gasteiger partial charge is 0.326 e. The molecule has 0 aromatic heterocycles. The molecular formula is C17H24N2O4. The molecule has 2 unspecified atom stereocenters. The Labute approximate surface area is 136 Å². The van der Waals surface area contributed by atoms with Crippen LogP contribution in [-0.4, -0.2) is 35.5 Å². The second-order valence-electron chi connectivity index (χ2n) is 5.53. The van der Waals surface area contributed by atoms with E-state index in [4.69, 9.17) is 5.11 Å². The molecule has 6 heteroatoms. The quantitative estimate of drug-likeness (QED) is 0.640. The molecule has 0 aliphatic carbocycles. The Morgan fingerprint density at radius 2 is 1.78 bits per heavy atom. The SMILES string of the molecule is CCC(C)C(NC(=O)CCNC(=O)Cc1ccccc1)C(=O)O. The lowest BCUT2D eigenvalue weighted by atomic mass is 9.99. The number of carboxylic acids is 1. The maximum absolute atomic E-state index is 11.8. The van der Waals surface area contributed by atoms with E-state index in [2.05, 4.69) is 10.6 Å². The highest BCUT2D eigenvalue weighted by molar-refractivity contribution is 5.84. The molecule has 23 heavy (non-hydrogen) atoms. The number of nitrogens with one attached hydrogen (secondary N) is 2. The minimum atomic E-state index is -1.04. The number of benzene rings is 1. The maximum Gasteiger partial charge on any atom is 0.326 e. The van der Waals surface area contributed by atoms with Crippen LogP contribution in [0.25, 0.3) is 0 Å². The molecule has 0 radical (unpaired) electrons. The molecule has 1 aromatic rings. The summed E-state index contributed by atoms with van der Waals surface area (Å²) in [7, 11) is 0. The van der Waals surface area contributed by atoms with Gasteiger partial charge in [0.1, 0.15) is 6.04 Å². The van der Waals surface area contributed by atoms with Crippen molar-refractivity contribution in [1.29, 1.82) is 0 Å². The van der Waals surface area contributed by atoms with Crippen LogP contribution >= 0.6 is 0 Å². The molecule has 126 valence electrons. The number of amides is 2. The second-order valence-corrected chi connectivity index (χ2v) is 5.53. The van der Waals surface area contributed by atoms with Crippen molar-refractivity contribution < 1.29 is 19.5 Å². The van der Waals surface area contributed by atoms with E-state index in [-0.39, 0.29) is 37.1 Å². The van der Waals surface area contributed by atoms with Crippen LogP contribution in [0.3, 0.4) is 0 Å². The largest absolute Gasteiger partial charge is 0.480 e. The minimum Gasteiger partial charge on any atom is -0.480 e. The molecule has 0 spiro atoms. The Kier molecular flexibility index (Phi) is 7.80. The van der Waals surface area contributed by atoms with E-state index >= 15 is 0 Å². The van der Waals surface area contributed by atoms with E-state index in [1.165, 1.54) is 0 Å². The third-order valence-corrected chi connectivity index (χ3v) is 3.68. The van der Waals surface area contributed by atoms with E-state index in [9.17, 15) is 14.4 Å². The second kappa shape index (κ2) is 9.61. The average Bonchev–Trinajstić information content (AvgIpc) is 2.52. The van der Waals surface area contributed by atoms with Gasteiger partial charge in [-0.1, -0.05) is 50.6 Å². The summed E-state index contributed by atoms with van der Waals surface area (Å²) in [5.41, 5.74) is 0.900. The first-order valence-electron chi connectivity index (χ1n) is 7.76. The van der Waals surface area contributed by atoms with Gasteiger partial charge in [0, 0.05) is 13.0 Å². The number of rotatable bonds is 9. The minimum absolute atomic E-state index is 0.0563. The van der Waals surface area contributed by atoms with Crippen molar-refractivity contribution in [1.82, 2.24) is 10.6 Å². The van der Waals surface area contributed by atoms with Gasteiger partial charge in [0.2, 0.25) is 11.8 Å². The molecule has 0 fully saturated rings. The lowest BCUT2D eigenvalue weighted by molar-refractivity contribution is -0.143. The van der Waals surface area contributed by atoms with E-state index in [1.807, 2.05) is 37.3 Å². The van der Waals surface area contributed by atoms with Crippen molar-refractivity contribution in [3.8, 4) is 0 Å². The normalized spacial score (nSPS) is 13.0. The number of aliphatic carboxylic acids is 1. The monoisotopic (exact) mass is 320 g/mol. The van der Waals surface area contributed by atoms with Crippen molar-refractivity contribution in [2.45, 2.75) is 39.2 Å². The molecule has 0 bridgehead atoms. The van der Waals surface area contributed by atoms with E-state index in [0.29, 0.717) is 6.42 Å². The van der Waals surface area contributed by atoms with Gasteiger partial charge in [-0.05, 0) is 11.5 Å². The molecule has 0 heterocycles. The summed E-state index contributed by atoms with van der Waals surface area (Å²) in [5, 5.41) is 14.3. The first-order chi connectivity index (χ1) is 10.9. The number of hydrogen-bond acceptors (Lipinski definition) is 3. The first kappa shape index (κ1) is 18.7. The highest BCUT2D eigenvalue weighted by Gasteiger charge is 2.24. The van der Waals surface area contributed by atoms with E-state index in [0.717, 1.165) is 5.56 Å². The molecule has 2 atom stereocenters. The van der Waals surface area contributed by atoms with Crippen LogP contribution in [0.5, 0.6) is 0 Å². The summed E-state index contributed by atoms with van der Waals surface area (Å²) < 4.78 is 0. The molecule has 1 rings (SSSR count). The van der Waals surface area contributed by atoms with Crippen LogP contribution in [0.2, 0.25) is 0 Å². The summed E-state index contributed by atoms with van der Waals surface area (Å²) in [5.74, 6) is -1.73. The van der Waals surface area contributed by atoms with Gasteiger partial charge in [-0.2, -0.15) is 0 Å². The molecule has 2 amide bonds. The van der Waals surface area contributed by atoms with Gasteiger partial charge in [-0.25, -0.2) is 4.79 Å². The number of carbonyl (C=O) groups is 3. The highest BCUT2D eigenvalue weighted by atomic mass is 16.4. The van der Waals surface area contributed by atoms with Gasteiger partial charge in [0.05, 0.1) is 6.42 Å². The summed E-state index contributed by atoms with van der Waals surface area (Å²) >= 11 is 0. The molecule has 0 aliphatic rings. The van der Waals surface area contributed by atoms with Crippen LogP contribution in [0.4, 0.5) is 0 Å². The topological polar surface area (TPSA) is 95.5 Å². The van der Waals surface area contributed by atoms with Crippen LogP contribution in [-0.2, 0) is 20.8 Å². The van der Waals surface area contributed by atoms with Crippen LogP contribution in [0.1, 0.15) is 32.3 Å². The van der Waals surface area contributed by atoms with Gasteiger partial charge in [-0.3, -0.25) is 9.59 Å². The van der Waals surface area contributed by atoms with Gasteiger partial charge in [0.15, 0.2) is 0 Å². The molecule has 0 aliphatic heterocycles. The molecule has 0 saturated carbocycles. The fourth-order valence-electron chi connectivity index (χ4n) is 2.09. The molecular weight excluding hydrogens is 296 g/mol. The van der Waals surface area contributed by atoms with Crippen molar-refractivity contribution >= 4 is 17.8 Å². The van der Waals surface area contributed by atoms with Gasteiger partial charge < -0.3 is 15.7 Å². The number of carboxylic acid groups (broad SMARTS) is 1. The molecule has 1 aromatic carbocycles. The number of carbonyl (C=O) groups excluding carboxylic acids is 2. The zero-order chi connectivity index (χ0) is 17.2. The van der Waals surface area contributed by atoms with E-state index in [1.54, 1.807) is 6.92 Å². The average molecular weight is 320 g/mol. The Morgan fingerprint density at radius 1 is 1.13 bits per heavy atom. The third kappa shape index (κ3) is 6.95. The maximum atomic E-state index is 11.8. The predicted molar refractivity (Wildman–Crippen MR) is 86.8 cm³/mol. The molecule has 3 N–H and O–H groups in total. The van der Waals surface area contributed by atoms with Crippen molar-refractivity contribution in [2.24, 2.45) is 5.92 Å². The van der Waals surface area contributed by atoms with Crippen molar-refractivity contribution in [2.75, 3.05) is 6.54 Å². The van der Waals surface area contributed by atoms with Crippen LogP contribution in [0.15, 0.2) is 30.3 Å². The first-order valence-corrected chi connectivity index (χ1v) is 7.76. The predicted octanol–water partition coefficient (Wildman–Crippen LogP) is 1.35. The Hall–Kier alpha value is -2.37. The molecule has 0 saturated heterocycles. The van der Waals surface area contributed by atoms with Gasteiger partial charge in [0.25, 0.3) is 0 Å². The van der Waals surface area contributed by atoms with Crippen molar-refractivity contribution in [3.05, 3.63) is 35.9 Å². The standard InChI is InChI=1S/C17H24N2O4/c1-3-12(2)16(17(22)23)19-14(20)9-10-18-15(21)11-13-7-5-4-6-8-13/h4-8,12,16H,3,9-11H2,1-2H3,(H,18,21)(H,19,20)(H,22,23). The van der Waals surface area contributed by atoms with Crippen LogP contribution in [0, 0.1) is 5.92 Å². The Balaban J connectivity index is 2.33. The molecule has 6 nitrogen and oxygen atoms in total. The fraction of sp³-hybridized carbons (Fsp3) is 0.471. The van der Waals surface area contributed by atoms with Crippen LogP contribution < -0.4 is 10.6 Å². The highest BCUT2D eigenvalue weighted by Crippen LogP contribution is 2.08. The zero-order valence-corrected chi connectivity index (χ0v) is 13.5. The van der Waals surface area contributed by atoms with E-state index < -0.39 is 12.0 Å². The summed E-state index contributed by atoms with van der Waals surface area (Å²) in [6.07, 6.45) is 0.971. The van der Waals surface area contributed by atoms with Gasteiger partial charge in [-0.15, -0.1) is 0 Å². The summed E-state index contributed by atoms with van der Waals surface area (Å²) in [4.78, 5) is 34.7. The summed E-state index contributed by atoms with van der Waals surface area (Å²) in [6, 6.07) is 8.41. The third-order valence-electron chi connectivity index (χ3n) is 3.68. The Bertz CT molecular complexity index is 531. The van der Waals surface area contributed by atoms with Crippen molar-refractivity contribution in [3.63, 3.8) is 0 Å². The Morgan fingerprint density at radius 3 is 2.35 bits per heavy atom. The van der Waals surface area contributed by atoms with Gasteiger partial charge >= 0.3 is 5.97 Å². The summed E-state index contributed by atoms with van der Waals surface area (Å²) in [6.45, 7) is 3.83. The zero-order valence-electron chi connectivity index (χ0n) is 13.5.